The van der Waals surface area contributed by atoms with Crippen molar-refractivity contribution in [2.45, 2.75) is 25.0 Å². The molecule has 5 aromatic rings. The van der Waals surface area contributed by atoms with Gasteiger partial charge in [-0.25, -0.2) is 4.68 Å². The van der Waals surface area contributed by atoms with Crippen LogP contribution in [0.15, 0.2) is 85.2 Å². The van der Waals surface area contributed by atoms with Gasteiger partial charge in [0.05, 0.1) is 5.52 Å². The fourth-order valence-electron chi connectivity index (χ4n) is 4.10. The fourth-order valence-corrected chi connectivity index (χ4v) is 4.31. The standard InChI is InChI=1S/C26H23ClN8O2/c27-19-10-6-9-18(13-19)15-23(35-16-28-33-34-35)30-25(36)22(14-17-7-2-1-3-8-17)29-26(37)24-20-11-4-5-12-21(20)31-32-24/h1-13,16,22-23H,14-15H2,(H,29,37)(H,30,36)(H,31,32). The maximum absolute atomic E-state index is 13.6. The van der Waals surface area contributed by atoms with E-state index in [2.05, 4.69) is 36.4 Å². The minimum Gasteiger partial charge on any atom is -0.338 e. The number of tetrazole rings is 1. The molecule has 0 aliphatic heterocycles. The maximum atomic E-state index is 13.6. The number of hydrogen-bond acceptors (Lipinski definition) is 6. The predicted octanol–water partition coefficient (Wildman–Crippen LogP) is 3.10. The summed E-state index contributed by atoms with van der Waals surface area (Å²) in [5.41, 5.74) is 2.73. The number of carbonyl (C=O) groups excluding carboxylic acids is 2. The van der Waals surface area contributed by atoms with Crippen LogP contribution in [0.3, 0.4) is 0 Å². The third kappa shape index (κ3) is 5.81. The molecule has 10 nitrogen and oxygen atoms in total. The number of halogens is 1. The number of aromatic nitrogens is 6. The lowest BCUT2D eigenvalue weighted by atomic mass is 10.0. The Labute approximate surface area is 217 Å². The van der Waals surface area contributed by atoms with Crippen molar-refractivity contribution in [3.8, 4) is 0 Å². The first-order valence-corrected chi connectivity index (χ1v) is 12.0. The first-order chi connectivity index (χ1) is 18.1. The van der Waals surface area contributed by atoms with E-state index in [0.29, 0.717) is 16.8 Å². The second kappa shape index (κ2) is 11.0. The van der Waals surface area contributed by atoms with Gasteiger partial charge in [-0.2, -0.15) is 5.10 Å². The van der Waals surface area contributed by atoms with Crippen LogP contribution in [-0.4, -0.2) is 48.3 Å². The molecular formula is C26H23ClN8O2. The van der Waals surface area contributed by atoms with E-state index in [-0.39, 0.29) is 18.0 Å². The normalized spacial score (nSPS) is 12.7. The van der Waals surface area contributed by atoms with Crippen molar-refractivity contribution < 1.29 is 9.59 Å². The van der Waals surface area contributed by atoms with Gasteiger partial charge >= 0.3 is 0 Å². The average Bonchev–Trinajstić information content (AvgIpc) is 3.59. The lowest BCUT2D eigenvalue weighted by Crippen LogP contribution is -2.50. The smallest absolute Gasteiger partial charge is 0.273 e. The lowest BCUT2D eigenvalue weighted by Gasteiger charge is -2.23. The van der Waals surface area contributed by atoms with Crippen molar-refractivity contribution in [3.63, 3.8) is 0 Å². The van der Waals surface area contributed by atoms with Gasteiger partial charge in [0.2, 0.25) is 5.91 Å². The van der Waals surface area contributed by atoms with Gasteiger partial charge in [-0.3, -0.25) is 14.7 Å². The minimum absolute atomic E-state index is 0.220. The molecule has 0 aliphatic rings. The Morgan fingerprint density at radius 2 is 1.70 bits per heavy atom. The molecule has 2 heterocycles. The highest BCUT2D eigenvalue weighted by molar-refractivity contribution is 6.30. The molecule has 2 unspecified atom stereocenters. The summed E-state index contributed by atoms with van der Waals surface area (Å²) in [5, 5.41) is 25.5. The first kappa shape index (κ1) is 24.1. The number of nitrogens with one attached hydrogen (secondary N) is 3. The van der Waals surface area contributed by atoms with Crippen molar-refractivity contribution in [3.05, 3.63) is 107 Å². The molecule has 0 radical (unpaired) electrons. The van der Waals surface area contributed by atoms with E-state index in [1.54, 1.807) is 12.1 Å². The lowest BCUT2D eigenvalue weighted by molar-refractivity contribution is -0.124. The molecule has 186 valence electrons. The van der Waals surface area contributed by atoms with E-state index in [1.807, 2.05) is 66.7 Å². The van der Waals surface area contributed by atoms with E-state index in [9.17, 15) is 9.59 Å². The quantitative estimate of drug-likeness (QED) is 0.277. The molecule has 0 spiro atoms. The zero-order valence-corrected chi connectivity index (χ0v) is 20.3. The zero-order valence-electron chi connectivity index (χ0n) is 19.6. The third-order valence-electron chi connectivity index (χ3n) is 5.90. The highest BCUT2D eigenvalue weighted by Crippen LogP contribution is 2.18. The molecule has 3 N–H and O–H groups in total. The number of nitrogens with zero attached hydrogens (tertiary/aromatic N) is 5. The first-order valence-electron chi connectivity index (χ1n) is 11.6. The van der Waals surface area contributed by atoms with Gasteiger partial charge in [-0.1, -0.05) is 72.3 Å². The van der Waals surface area contributed by atoms with Crippen LogP contribution in [0, 0.1) is 0 Å². The molecule has 2 aromatic heterocycles. The molecule has 0 saturated heterocycles. The second-order valence-corrected chi connectivity index (χ2v) is 8.92. The van der Waals surface area contributed by atoms with Crippen molar-refractivity contribution in [2.24, 2.45) is 0 Å². The van der Waals surface area contributed by atoms with Crippen molar-refractivity contribution in [2.75, 3.05) is 0 Å². The number of H-pyrrole nitrogens is 1. The largest absolute Gasteiger partial charge is 0.338 e. The molecule has 37 heavy (non-hydrogen) atoms. The maximum Gasteiger partial charge on any atom is 0.273 e. The van der Waals surface area contributed by atoms with Crippen LogP contribution in [-0.2, 0) is 17.6 Å². The molecule has 2 amide bonds. The Hall–Kier alpha value is -4.57. The fraction of sp³-hybridized carbons (Fsp3) is 0.154. The molecule has 0 aliphatic carbocycles. The molecule has 0 bridgehead atoms. The topological polar surface area (TPSA) is 130 Å². The van der Waals surface area contributed by atoms with Crippen LogP contribution in [0.2, 0.25) is 5.02 Å². The summed E-state index contributed by atoms with van der Waals surface area (Å²) in [6.07, 6.45) is 1.48. The SMILES string of the molecule is O=C(NC(Cc1ccccc1)C(=O)NC(Cc1cccc(Cl)c1)n1cnnn1)c1n[nH]c2ccccc12. The number of benzene rings is 3. The molecule has 5 rings (SSSR count). The second-order valence-electron chi connectivity index (χ2n) is 8.48. The van der Waals surface area contributed by atoms with Crippen molar-refractivity contribution in [1.29, 1.82) is 0 Å². The van der Waals surface area contributed by atoms with E-state index < -0.39 is 18.1 Å². The van der Waals surface area contributed by atoms with Gasteiger partial charge in [0.1, 0.15) is 18.5 Å². The third-order valence-corrected chi connectivity index (χ3v) is 6.14. The Morgan fingerprint density at radius 1 is 0.919 bits per heavy atom. The Morgan fingerprint density at radius 3 is 2.49 bits per heavy atom. The molecule has 11 heteroatoms. The van der Waals surface area contributed by atoms with Gasteiger partial charge in [0.15, 0.2) is 5.69 Å². The number of hydrogen-bond donors (Lipinski definition) is 3. The summed E-state index contributed by atoms with van der Waals surface area (Å²) in [6.45, 7) is 0. The van der Waals surface area contributed by atoms with Gasteiger partial charge < -0.3 is 10.6 Å². The van der Waals surface area contributed by atoms with Crippen molar-refractivity contribution >= 4 is 34.3 Å². The molecule has 3 aromatic carbocycles. The predicted molar refractivity (Wildman–Crippen MR) is 138 cm³/mol. The van der Waals surface area contributed by atoms with Gasteiger partial charge in [-0.15, -0.1) is 5.10 Å². The van der Waals surface area contributed by atoms with Crippen LogP contribution in [0.25, 0.3) is 10.9 Å². The van der Waals surface area contributed by atoms with Crippen LogP contribution >= 0.6 is 11.6 Å². The minimum atomic E-state index is -0.885. The van der Waals surface area contributed by atoms with Crippen LogP contribution in [0.1, 0.15) is 27.8 Å². The Kier molecular flexibility index (Phi) is 7.18. The van der Waals surface area contributed by atoms with Gasteiger partial charge in [0.25, 0.3) is 5.91 Å². The van der Waals surface area contributed by atoms with E-state index >= 15 is 0 Å². The number of rotatable bonds is 9. The number of amides is 2. The summed E-state index contributed by atoms with van der Waals surface area (Å²) >= 11 is 6.16. The summed E-state index contributed by atoms with van der Waals surface area (Å²) in [4.78, 5) is 26.9. The number of carbonyl (C=O) groups is 2. The Balaban J connectivity index is 1.40. The molecule has 2 atom stereocenters. The number of fused-ring (bicyclic) bond motifs is 1. The van der Waals surface area contributed by atoms with Crippen LogP contribution in [0.4, 0.5) is 0 Å². The summed E-state index contributed by atoms with van der Waals surface area (Å²) in [6, 6.07) is 23.2. The summed E-state index contributed by atoms with van der Waals surface area (Å²) in [7, 11) is 0. The number of aromatic amines is 1. The average molecular weight is 515 g/mol. The summed E-state index contributed by atoms with van der Waals surface area (Å²) in [5.74, 6) is -0.845. The van der Waals surface area contributed by atoms with Crippen LogP contribution in [0.5, 0.6) is 0 Å². The summed E-state index contributed by atoms with van der Waals surface area (Å²) < 4.78 is 1.46. The van der Waals surface area contributed by atoms with E-state index in [0.717, 1.165) is 16.6 Å². The molecule has 0 saturated carbocycles. The Bertz CT molecular complexity index is 1500. The van der Waals surface area contributed by atoms with E-state index in [4.69, 9.17) is 11.6 Å². The van der Waals surface area contributed by atoms with E-state index in [1.165, 1.54) is 11.0 Å². The monoisotopic (exact) mass is 514 g/mol. The zero-order chi connectivity index (χ0) is 25.6. The number of para-hydroxylation sites is 1. The highest BCUT2D eigenvalue weighted by atomic mass is 35.5. The van der Waals surface area contributed by atoms with Gasteiger partial charge in [0, 0.05) is 23.3 Å². The van der Waals surface area contributed by atoms with Crippen LogP contribution < -0.4 is 10.6 Å². The molecule has 0 fully saturated rings. The molecular weight excluding hydrogens is 492 g/mol. The van der Waals surface area contributed by atoms with Crippen molar-refractivity contribution in [1.82, 2.24) is 41.0 Å². The highest BCUT2D eigenvalue weighted by Gasteiger charge is 2.27. The van der Waals surface area contributed by atoms with Gasteiger partial charge in [-0.05, 0) is 39.8 Å².